The number of carbonyl (C=O) groups excluding carboxylic acids is 1. The van der Waals surface area contributed by atoms with E-state index in [1.807, 2.05) is 18.5 Å². The minimum absolute atomic E-state index is 0.0583. The molecule has 0 unspecified atom stereocenters. The van der Waals surface area contributed by atoms with Gasteiger partial charge in [0.25, 0.3) is 0 Å². The van der Waals surface area contributed by atoms with Crippen LogP contribution in [-0.4, -0.2) is 32.0 Å². The van der Waals surface area contributed by atoms with Crippen molar-refractivity contribution in [1.29, 1.82) is 0 Å². The van der Waals surface area contributed by atoms with Gasteiger partial charge in [0.1, 0.15) is 6.54 Å². The van der Waals surface area contributed by atoms with E-state index in [2.05, 4.69) is 31.4 Å². The summed E-state index contributed by atoms with van der Waals surface area (Å²) in [5.74, 6) is -0.0583. The van der Waals surface area contributed by atoms with Gasteiger partial charge in [0.2, 0.25) is 5.91 Å². The number of amides is 1. The Morgan fingerprint density at radius 2 is 2.24 bits per heavy atom. The molecular formula is C13H17BrClN5O. The molecule has 2 aromatic rings. The zero-order valence-corrected chi connectivity index (χ0v) is 14.3. The van der Waals surface area contributed by atoms with Crippen LogP contribution in [0.1, 0.15) is 17.8 Å². The Morgan fingerprint density at radius 1 is 1.48 bits per heavy atom. The molecule has 21 heavy (non-hydrogen) atoms. The van der Waals surface area contributed by atoms with Crippen LogP contribution in [0.3, 0.4) is 0 Å². The van der Waals surface area contributed by atoms with Crippen molar-refractivity contribution in [2.75, 3.05) is 6.54 Å². The predicted molar refractivity (Wildman–Crippen MR) is 84.3 cm³/mol. The molecule has 2 rings (SSSR count). The SMILES string of the molecule is Cc1nn(CCCNC(=O)Cn2cc(Br)cn2)c(C)c1Cl. The van der Waals surface area contributed by atoms with Crippen LogP contribution >= 0.6 is 27.5 Å². The third kappa shape index (κ3) is 4.31. The van der Waals surface area contributed by atoms with E-state index in [9.17, 15) is 4.79 Å². The molecule has 2 heterocycles. The number of hydrogen-bond donors (Lipinski definition) is 1. The smallest absolute Gasteiger partial charge is 0.241 e. The van der Waals surface area contributed by atoms with Crippen LogP contribution in [0.2, 0.25) is 5.02 Å². The molecule has 0 saturated heterocycles. The largest absolute Gasteiger partial charge is 0.354 e. The van der Waals surface area contributed by atoms with Gasteiger partial charge in [-0.05, 0) is 36.2 Å². The Hall–Kier alpha value is -1.34. The highest BCUT2D eigenvalue weighted by Crippen LogP contribution is 2.18. The highest BCUT2D eigenvalue weighted by Gasteiger charge is 2.09. The zero-order chi connectivity index (χ0) is 15.4. The van der Waals surface area contributed by atoms with E-state index in [-0.39, 0.29) is 12.5 Å². The van der Waals surface area contributed by atoms with Crippen molar-refractivity contribution in [2.24, 2.45) is 0 Å². The van der Waals surface area contributed by atoms with Crippen LogP contribution in [0.5, 0.6) is 0 Å². The van der Waals surface area contributed by atoms with E-state index in [1.54, 1.807) is 17.1 Å². The van der Waals surface area contributed by atoms with Gasteiger partial charge in [-0.1, -0.05) is 11.6 Å². The number of nitrogens with one attached hydrogen (secondary N) is 1. The predicted octanol–water partition coefficient (Wildman–Crippen LogP) is 2.32. The maximum Gasteiger partial charge on any atom is 0.241 e. The summed E-state index contributed by atoms with van der Waals surface area (Å²) in [7, 11) is 0. The van der Waals surface area contributed by atoms with Crippen LogP contribution in [0.4, 0.5) is 0 Å². The van der Waals surface area contributed by atoms with Gasteiger partial charge < -0.3 is 5.32 Å². The number of nitrogens with zero attached hydrogens (tertiary/aromatic N) is 4. The molecule has 1 N–H and O–H groups in total. The molecule has 0 radical (unpaired) electrons. The second kappa shape index (κ2) is 7.09. The van der Waals surface area contributed by atoms with Gasteiger partial charge in [0.05, 0.1) is 27.1 Å². The summed E-state index contributed by atoms with van der Waals surface area (Å²) in [5.41, 5.74) is 1.80. The van der Waals surface area contributed by atoms with Gasteiger partial charge in [-0.3, -0.25) is 14.2 Å². The first-order valence-corrected chi connectivity index (χ1v) is 7.78. The average Bonchev–Trinajstić information content (AvgIpc) is 2.94. The van der Waals surface area contributed by atoms with Crippen molar-refractivity contribution >= 4 is 33.4 Å². The second-order valence-electron chi connectivity index (χ2n) is 4.77. The van der Waals surface area contributed by atoms with Crippen LogP contribution < -0.4 is 5.32 Å². The molecule has 0 saturated carbocycles. The molecule has 0 atom stereocenters. The molecule has 0 aliphatic rings. The van der Waals surface area contributed by atoms with Crippen LogP contribution in [0, 0.1) is 13.8 Å². The molecule has 2 aromatic heterocycles. The Bertz CT molecular complexity index is 637. The summed E-state index contributed by atoms with van der Waals surface area (Å²) in [5, 5.41) is 12.0. The summed E-state index contributed by atoms with van der Waals surface area (Å²) in [6.45, 7) is 5.37. The van der Waals surface area contributed by atoms with Gasteiger partial charge in [-0.15, -0.1) is 0 Å². The third-order valence-electron chi connectivity index (χ3n) is 3.07. The zero-order valence-electron chi connectivity index (χ0n) is 11.9. The highest BCUT2D eigenvalue weighted by atomic mass is 79.9. The van der Waals surface area contributed by atoms with Crippen molar-refractivity contribution < 1.29 is 4.79 Å². The number of aryl methyl sites for hydroxylation is 2. The quantitative estimate of drug-likeness (QED) is 0.789. The first-order valence-electron chi connectivity index (χ1n) is 6.61. The van der Waals surface area contributed by atoms with Crippen LogP contribution in [-0.2, 0) is 17.9 Å². The first-order chi connectivity index (χ1) is 9.97. The Labute approximate surface area is 136 Å². The number of carbonyl (C=O) groups is 1. The fourth-order valence-corrected chi connectivity index (χ4v) is 2.44. The molecule has 0 aliphatic carbocycles. The normalized spacial score (nSPS) is 10.9. The molecule has 1 amide bonds. The van der Waals surface area contributed by atoms with Gasteiger partial charge in [0, 0.05) is 19.3 Å². The van der Waals surface area contributed by atoms with Gasteiger partial charge in [0.15, 0.2) is 0 Å². The number of halogens is 2. The Balaban J connectivity index is 1.72. The van der Waals surface area contributed by atoms with Gasteiger partial charge >= 0.3 is 0 Å². The van der Waals surface area contributed by atoms with E-state index in [4.69, 9.17) is 11.6 Å². The standard InChI is InChI=1S/C13H17BrClN5O/c1-9-13(15)10(2)20(18-9)5-3-4-16-12(21)8-19-7-11(14)6-17-19/h6-7H,3-5,8H2,1-2H3,(H,16,21). The van der Waals surface area contributed by atoms with E-state index in [0.29, 0.717) is 11.6 Å². The van der Waals surface area contributed by atoms with Gasteiger partial charge in [-0.25, -0.2) is 0 Å². The molecule has 0 fully saturated rings. The minimum Gasteiger partial charge on any atom is -0.354 e. The van der Waals surface area contributed by atoms with Crippen molar-refractivity contribution in [3.8, 4) is 0 Å². The van der Waals surface area contributed by atoms with E-state index < -0.39 is 0 Å². The van der Waals surface area contributed by atoms with Crippen molar-refractivity contribution in [1.82, 2.24) is 24.9 Å². The van der Waals surface area contributed by atoms with E-state index >= 15 is 0 Å². The minimum atomic E-state index is -0.0583. The van der Waals surface area contributed by atoms with Crippen molar-refractivity contribution in [2.45, 2.75) is 33.4 Å². The van der Waals surface area contributed by atoms with Crippen molar-refractivity contribution in [3.63, 3.8) is 0 Å². The van der Waals surface area contributed by atoms with Gasteiger partial charge in [-0.2, -0.15) is 10.2 Å². The van der Waals surface area contributed by atoms with Crippen LogP contribution in [0.25, 0.3) is 0 Å². The Morgan fingerprint density at radius 3 is 2.81 bits per heavy atom. The van der Waals surface area contributed by atoms with E-state index in [0.717, 1.165) is 28.8 Å². The summed E-state index contributed by atoms with van der Waals surface area (Å²) >= 11 is 9.38. The highest BCUT2D eigenvalue weighted by molar-refractivity contribution is 9.10. The molecule has 114 valence electrons. The number of hydrogen-bond acceptors (Lipinski definition) is 3. The fourth-order valence-electron chi connectivity index (χ4n) is 1.98. The fraction of sp³-hybridized carbons (Fsp3) is 0.462. The summed E-state index contributed by atoms with van der Waals surface area (Å²) in [4.78, 5) is 11.7. The summed E-state index contributed by atoms with van der Waals surface area (Å²) in [6.07, 6.45) is 4.21. The molecule has 6 nitrogen and oxygen atoms in total. The summed E-state index contributed by atoms with van der Waals surface area (Å²) in [6, 6.07) is 0. The third-order valence-corrected chi connectivity index (χ3v) is 4.03. The van der Waals surface area contributed by atoms with E-state index in [1.165, 1.54) is 0 Å². The number of aromatic nitrogens is 4. The lowest BCUT2D eigenvalue weighted by molar-refractivity contribution is -0.121. The first kappa shape index (κ1) is 16.0. The van der Waals surface area contributed by atoms with Crippen molar-refractivity contribution in [3.05, 3.63) is 33.3 Å². The monoisotopic (exact) mass is 373 g/mol. The molecule has 8 heteroatoms. The lowest BCUT2D eigenvalue weighted by Crippen LogP contribution is -2.29. The second-order valence-corrected chi connectivity index (χ2v) is 6.06. The molecule has 0 aliphatic heterocycles. The number of rotatable bonds is 6. The summed E-state index contributed by atoms with van der Waals surface area (Å²) < 4.78 is 4.31. The molecule has 0 bridgehead atoms. The topological polar surface area (TPSA) is 64.7 Å². The van der Waals surface area contributed by atoms with Crippen LogP contribution in [0.15, 0.2) is 16.9 Å². The maximum atomic E-state index is 11.7. The Kier molecular flexibility index (Phi) is 5.41. The lowest BCUT2D eigenvalue weighted by Gasteiger charge is -2.07. The maximum absolute atomic E-state index is 11.7. The molecule has 0 aromatic carbocycles. The molecule has 0 spiro atoms. The lowest BCUT2D eigenvalue weighted by atomic mass is 10.3. The molecular weight excluding hydrogens is 358 g/mol. The average molecular weight is 375 g/mol.